The minimum absolute atomic E-state index is 0.233. The Hall–Kier alpha value is 0.360. The third-order valence-electron chi connectivity index (χ3n) is 2.30. The lowest BCUT2D eigenvalue weighted by Gasteiger charge is -2.12. The van der Waals surface area contributed by atoms with E-state index in [2.05, 4.69) is 84.4 Å². The van der Waals surface area contributed by atoms with Gasteiger partial charge in [-0.3, -0.25) is 0 Å². The molecular weight excluding hydrogens is 416 g/mol. The lowest BCUT2D eigenvalue weighted by Crippen LogP contribution is -1.92. The molecule has 0 saturated heterocycles. The van der Waals surface area contributed by atoms with Gasteiger partial charge in [0.25, 0.3) is 0 Å². The Morgan fingerprint density at radius 2 is 1.88 bits per heavy atom. The number of aryl methyl sites for hydroxylation is 1. The Bertz CT molecular complexity index is 505. The standard InChI is InChI=1S/C12H9Br3S/c1-7-2-3-8(10(14)6-7)11(15)12-9(13)4-5-16-12/h2-6,11H,1H3. The maximum atomic E-state index is 3.75. The lowest BCUT2D eigenvalue weighted by molar-refractivity contribution is 1.19. The maximum absolute atomic E-state index is 3.75. The Labute approximate surface area is 124 Å². The van der Waals surface area contributed by atoms with Crippen LogP contribution in [0, 0.1) is 6.92 Å². The highest BCUT2D eigenvalue weighted by Crippen LogP contribution is 2.41. The minimum atomic E-state index is 0.233. The first-order valence-electron chi connectivity index (χ1n) is 4.72. The van der Waals surface area contributed by atoms with Crippen LogP contribution in [0.2, 0.25) is 0 Å². The van der Waals surface area contributed by atoms with E-state index < -0.39 is 0 Å². The maximum Gasteiger partial charge on any atom is 0.0760 e. The van der Waals surface area contributed by atoms with Crippen LogP contribution in [0.5, 0.6) is 0 Å². The van der Waals surface area contributed by atoms with Gasteiger partial charge in [0.2, 0.25) is 0 Å². The summed E-state index contributed by atoms with van der Waals surface area (Å²) in [6, 6.07) is 8.52. The predicted octanol–water partition coefficient (Wildman–Crippen LogP) is 6.07. The van der Waals surface area contributed by atoms with Crippen molar-refractivity contribution in [2.24, 2.45) is 0 Å². The van der Waals surface area contributed by atoms with Gasteiger partial charge < -0.3 is 0 Å². The van der Waals surface area contributed by atoms with E-state index in [1.807, 2.05) is 0 Å². The molecule has 0 nitrogen and oxygen atoms in total. The van der Waals surface area contributed by atoms with Crippen molar-refractivity contribution < 1.29 is 0 Å². The van der Waals surface area contributed by atoms with Crippen LogP contribution in [-0.2, 0) is 0 Å². The molecule has 1 unspecified atom stereocenters. The largest absolute Gasteiger partial charge is 0.146 e. The topological polar surface area (TPSA) is 0 Å². The van der Waals surface area contributed by atoms with Gasteiger partial charge >= 0.3 is 0 Å². The van der Waals surface area contributed by atoms with Crippen LogP contribution in [0.4, 0.5) is 0 Å². The number of alkyl halides is 1. The lowest BCUT2D eigenvalue weighted by atomic mass is 10.1. The van der Waals surface area contributed by atoms with E-state index in [0.29, 0.717) is 0 Å². The van der Waals surface area contributed by atoms with Gasteiger partial charge in [0, 0.05) is 13.8 Å². The van der Waals surface area contributed by atoms with E-state index in [1.54, 1.807) is 11.3 Å². The SMILES string of the molecule is Cc1ccc(C(Br)c2sccc2Br)c(Br)c1. The Kier molecular flexibility index (Phi) is 4.27. The molecule has 0 aliphatic carbocycles. The summed E-state index contributed by atoms with van der Waals surface area (Å²) in [6.07, 6.45) is 0. The molecule has 0 aliphatic heterocycles. The van der Waals surface area contributed by atoms with E-state index in [9.17, 15) is 0 Å². The smallest absolute Gasteiger partial charge is 0.0760 e. The molecule has 0 bridgehead atoms. The van der Waals surface area contributed by atoms with Crippen LogP contribution < -0.4 is 0 Å². The predicted molar refractivity (Wildman–Crippen MR) is 81.7 cm³/mol. The Balaban J connectivity index is 2.41. The van der Waals surface area contributed by atoms with Crippen LogP contribution >= 0.6 is 59.1 Å². The fourth-order valence-corrected chi connectivity index (χ4v) is 5.37. The van der Waals surface area contributed by atoms with Gasteiger partial charge in [0.05, 0.1) is 4.83 Å². The van der Waals surface area contributed by atoms with E-state index >= 15 is 0 Å². The molecular formula is C12H9Br3S. The van der Waals surface area contributed by atoms with Crippen molar-refractivity contribution >= 4 is 59.1 Å². The molecule has 0 fully saturated rings. The van der Waals surface area contributed by atoms with E-state index in [4.69, 9.17) is 0 Å². The summed E-state index contributed by atoms with van der Waals surface area (Å²) in [5.74, 6) is 0. The summed E-state index contributed by atoms with van der Waals surface area (Å²) in [4.78, 5) is 1.53. The molecule has 1 heterocycles. The van der Waals surface area contributed by atoms with Gasteiger partial charge in [-0.15, -0.1) is 11.3 Å². The molecule has 84 valence electrons. The molecule has 0 amide bonds. The molecule has 1 atom stereocenters. The normalized spacial score (nSPS) is 12.8. The first kappa shape index (κ1) is 12.8. The third-order valence-corrected chi connectivity index (χ3v) is 6.18. The van der Waals surface area contributed by atoms with Gasteiger partial charge in [-0.25, -0.2) is 0 Å². The number of hydrogen-bond acceptors (Lipinski definition) is 1. The summed E-state index contributed by atoms with van der Waals surface area (Å²) in [5.41, 5.74) is 2.52. The van der Waals surface area contributed by atoms with Crippen molar-refractivity contribution in [3.05, 3.63) is 54.6 Å². The molecule has 1 aromatic carbocycles. The number of hydrogen-bond donors (Lipinski definition) is 0. The average Bonchev–Trinajstić information content (AvgIpc) is 2.63. The molecule has 2 aromatic rings. The van der Waals surface area contributed by atoms with Gasteiger partial charge in [0.1, 0.15) is 0 Å². The zero-order valence-corrected chi connectivity index (χ0v) is 14.1. The molecule has 0 radical (unpaired) electrons. The van der Waals surface area contributed by atoms with Crippen molar-refractivity contribution in [2.75, 3.05) is 0 Å². The second kappa shape index (κ2) is 5.34. The van der Waals surface area contributed by atoms with E-state index in [-0.39, 0.29) is 4.83 Å². The van der Waals surface area contributed by atoms with E-state index in [0.717, 1.165) is 8.95 Å². The number of rotatable bonds is 2. The first-order chi connectivity index (χ1) is 7.59. The van der Waals surface area contributed by atoms with Crippen molar-refractivity contribution in [3.63, 3.8) is 0 Å². The molecule has 0 aliphatic rings. The molecule has 2 rings (SSSR count). The van der Waals surface area contributed by atoms with Crippen LogP contribution in [0.25, 0.3) is 0 Å². The third kappa shape index (κ3) is 2.61. The highest BCUT2D eigenvalue weighted by atomic mass is 79.9. The van der Waals surface area contributed by atoms with Gasteiger partial charge in [-0.2, -0.15) is 0 Å². The Morgan fingerprint density at radius 3 is 2.44 bits per heavy atom. The van der Waals surface area contributed by atoms with Gasteiger partial charge in [0.15, 0.2) is 0 Å². The molecule has 4 heteroatoms. The van der Waals surface area contributed by atoms with Crippen molar-refractivity contribution in [3.8, 4) is 0 Å². The second-order valence-electron chi connectivity index (χ2n) is 3.52. The van der Waals surface area contributed by atoms with Crippen LogP contribution in [0.3, 0.4) is 0 Å². The van der Waals surface area contributed by atoms with Crippen molar-refractivity contribution in [1.82, 2.24) is 0 Å². The summed E-state index contributed by atoms with van der Waals surface area (Å²) in [6.45, 7) is 2.10. The number of benzene rings is 1. The van der Waals surface area contributed by atoms with Gasteiger partial charge in [-0.1, -0.05) is 44.0 Å². The molecule has 0 N–H and O–H groups in total. The summed E-state index contributed by atoms with van der Waals surface area (Å²) >= 11 is 12.7. The Morgan fingerprint density at radius 1 is 1.12 bits per heavy atom. The monoisotopic (exact) mass is 422 g/mol. The number of thiophene rings is 1. The summed E-state index contributed by atoms with van der Waals surface area (Å²) in [7, 11) is 0. The van der Waals surface area contributed by atoms with Crippen molar-refractivity contribution in [1.29, 1.82) is 0 Å². The highest BCUT2D eigenvalue weighted by Gasteiger charge is 2.17. The zero-order chi connectivity index (χ0) is 11.7. The van der Waals surface area contributed by atoms with Crippen LogP contribution in [-0.4, -0.2) is 0 Å². The molecule has 16 heavy (non-hydrogen) atoms. The number of halogens is 3. The first-order valence-corrected chi connectivity index (χ1v) is 8.10. The van der Waals surface area contributed by atoms with Crippen molar-refractivity contribution in [2.45, 2.75) is 11.8 Å². The summed E-state index contributed by atoms with van der Waals surface area (Å²) in [5, 5.41) is 2.09. The van der Waals surface area contributed by atoms with Crippen LogP contribution in [0.15, 0.2) is 38.6 Å². The quantitative estimate of drug-likeness (QED) is 0.513. The summed E-state index contributed by atoms with van der Waals surface area (Å²) < 4.78 is 2.31. The second-order valence-corrected chi connectivity index (χ2v) is 7.09. The van der Waals surface area contributed by atoms with Crippen LogP contribution in [0.1, 0.15) is 20.8 Å². The fourth-order valence-electron chi connectivity index (χ4n) is 1.47. The van der Waals surface area contributed by atoms with E-state index in [1.165, 1.54) is 16.0 Å². The van der Waals surface area contributed by atoms with Gasteiger partial charge in [-0.05, 0) is 51.5 Å². The fraction of sp³-hybridized carbons (Fsp3) is 0.167. The minimum Gasteiger partial charge on any atom is -0.146 e. The molecule has 0 saturated carbocycles. The highest BCUT2D eigenvalue weighted by molar-refractivity contribution is 9.11. The zero-order valence-electron chi connectivity index (χ0n) is 8.51. The molecule has 0 spiro atoms. The molecule has 1 aromatic heterocycles. The average molecular weight is 425 g/mol.